The Kier molecular flexibility index (Phi) is 6.70. The number of pyridine rings is 1. The summed E-state index contributed by atoms with van der Waals surface area (Å²) < 4.78 is 0. The summed E-state index contributed by atoms with van der Waals surface area (Å²) >= 11 is 0. The number of aryl methyl sites for hydroxylation is 1. The zero-order chi connectivity index (χ0) is 15.2. The Morgan fingerprint density at radius 2 is 1.78 bits per heavy atom. The van der Waals surface area contributed by atoms with Crippen molar-refractivity contribution in [2.24, 2.45) is 0 Å². The molecule has 1 radical (unpaired) electrons. The van der Waals surface area contributed by atoms with E-state index in [9.17, 15) is 0 Å². The molecule has 0 aliphatic carbocycles. The van der Waals surface area contributed by atoms with Crippen LogP contribution in [0.2, 0.25) is 0 Å². The maximum Gasteiger partial charge on any atom is 0.0166 e. The van der Waals surface area contributed by atoms with E-state index in [0.717, 1.165) is 17.7 Å². The van der Waals surface area contributed by atoms with Crippen molar-refractivity contribution in [3.05, 3.63) is 78.5 Å². The van der Waals surface area contributed by atoms with Crippen molar-refractivity contribution in [2.45, 2.75) is 26.2 Å². The number of unbranched alkanes of at least 4 members (excludes halogenated alkanes) is 1. The summed E-state index contributed by atoms with van der Waals surface area (Å²) in [7, 11) is 0. The van der Waals surface area contributed by atoms with Gasteiger partial charge in [0, 0.05) is 26.3 Å². The first-order chi connectivity index (χ1) is 10.9. The third-order valence-corrected chi connectivity index (χ3v) is 3.83. The molecule has 0 spiro atoms. The summed E-state index contributed by atoms with van der Waals surface area (Å²) in [6, 6.07) is 24.3. The molecule has 1 aromatic heterocycles. The Morgan fingerprint density at radius 1 is 0.957 bits per heavy atom. The quantitative estimate of drug-likeness (QED) is 0.438. The number of benzene rings is 2. The van der Waals surface area contributed by atoms with Crippen LogP contribution in [0.3, 0.4) is 0 Å². The maximum absolute atomic E-state index is 4.53. The van der Waals surface area contributed by atoms with Crippen molar-refractivity contribution in [3.63, 3.8) is 0 Å². The molecule has 0 unspecified atom stereocenters. The molecule has 0 atom stereocenters. The molecule has 0 bridgehead atoms. The van der Waals surface area contributed by atoms with Crippen molar-refractivity contribution < 1.29 is 20.1 Å². The fraction of sp³-hybridized carbons (Fsp3) is 0.190. The second-order valence-corrected chi connectivity index (χ2v) is 5.51. The van der Waals surface area contributed by atoms with E-state index >= 15 is 0 Å². The summed E-state index contributed by atoms with van der Waals surface area (Å²) in [6.45, 7) is 2.22. The number of rotatable bonds is 5. The summed E-state index contributed by atoms with van der Waals surface area (Å²) in [6.07, 6.45) is 5.44. The summed E-state index contributed by atoms with van der Waals surface area (Å²) in [5.74, 6) is 0. The first kappa shape index (κ1) is 17.6. The molecule has 0 aliphatic rings. The van der Waals surface area contributed by atoms with E-state index in [4.69, 9.17) is 0 Å². The maximum atomic E-state index is 4.53. The van der Waals surface area contributed by atoms with Gasteiger partial charge in [0.2, 0.25) is 0 Å². The Morgan fingerprint density at radius 3 is 2.57 bits per heavy atom. The van der Waals surface area contributed by atoms with Crippen LogP contribution in [-0.4, -0.2) is 4.98 Å². The molecular formula is C21H20IrN-. The van der Waals surface area contributed by atoms with Crippen molar-refractivity contribution in [3.8, 4) is 22.4 Å². The smallest absolute Gasteiger partial charge is 0.0166 e. The monoisotopic (exact) mass is 479 g/mol. The Bertz CT molecular complexity index is 738. The van der Waals surface area contributed by atoms with Crippen LogP contribution in [0.25, 0.3) is 22.4 Å². The molecule has 3 rings (SSSR count). The molecule has 2 aromatic carbocycles. The van der Waals surface area contributed by atoms with Crippen LogP contribution in [0.4, 0.5) is 0 Å². The number of aromatic nitrogens is 1. The molecule has 1 heterocycles. The zero-order valence-electron chi connectivity index (χ0n) is 13.3. The molecule has 0 aliphatic heterocycles. The number of nitrogens with zero attached hydrogens (tertiary/aromatic N) is 1. The Balaban J connectivity index is 0.00000192. The van der Waals surface area contributed by atoms with E-state index in [1.165, 1.54) is 29.5 Å². The molecule has 3 aromatic rings. The van der Waals surface area contributed by atoms with E-state index in [0.29, 0.717) is 0 Å². The zero-order valence-corrected chi connectivity index (χ0v) is 15.6. The van der Waals surface area contributed by atoms with Crippen molar-refractivity contribution in [2.75, 3.05) is 0 Å². The minimum absolute atomic E-state index is 0. The molecule has 0 amide bonds. The van der Waals surface area contributed by atoms with Gasteiger partial charge in [0.1, 0.15) is 0 Å². The van der Waals surface area contributed by atoms with Gasteiger partial charge in [-0.3, -0.25) is 0 Å². The van der Waals surface area contributed by atoms with E-state index in [2.05, 4.69) is 66.5 Å². The normalized spacial score (nSPS) is 10.1. The van der Waals surface area contributed by atoms with Gasteiger partial charge in [-0.25, -0.2) is 0 Å². The molecule has 23 heavy (non-hydrogen) atoms. The van der Waals surface area contributed by atoms with Gasteiger partial charge in [0.05, 0.1) is 0 Å². The van der Waals surface area contributed by atoms with Crippen LogP contribution in [0.15, 0.2) is 66.9 Å². The van der Waals surface area contributed by atoms with Crippen LogP contribution in [0.5, 0.6) is 0 Å². The van der Waals surface area contributed by atoms with Crippen LogP contribution in [0.1, 0.15) is 25.3 Å². The van der Waals surface area contributed by atoms with Gasteiger partial charge in [-0.2, -0.15) is 0 Å². The summed E-state index contributed by atoms with van der Waals surface area (Å²) in [5.41, 5.74) is 5.83. The second-order valence-electron chi connectivity index (χ2n) is 5.51. The average Bonchev–Trinajstić information content (AvgIpc) is 2.61. The van der Waals surface area contributed by atoms with E-state index in [1.807, 2.05) is 18.3 Å². The molecule has 0 N–H and O–H groups in total. The van der Waals surface area contributed by atoms with Gasteiger partial charge < -0.3 is 4.98 Å². The molecule has 2 heteroatoms. The topological polar surface area (TPSA) is 12.9 Å². The first-order valence-electron chi connectivity index (χ1n) is 7.89. The predicted molar refractivity (Wildman–Crippen MR) is 92.6 cm³/mol. The van der Waals surface area contributed by atoms with E-state index in [1.54, 1.807) is 0 Å². The SMILES string of the molecule is CCCCc1cc[c-]c(-c2cc(-c3ccccc3)ccn2)c1.[Ir]. The predicted octanol–water partition coefficient (Wildman–Crippen LogP) is 5.56. The average molecular weight is 479 g/mol. The van der Waals surface area contributed by atoms with Gasteiger partial charge in [0.15, 0.2) is 0 Å². The largest absolute Gasteiger partial charge is 0.305 e. The van der Waals surface area contributed by atoms with Crippen LogP contribution < -0.4 is 0 Å². The van der Waals surface area contributed by atoms with Crippen LogP contribution in [0, 0.1) is 6.07 Å². The van der Waals surface area contributed by atoms with Gasteiger partial charge in [-0.15, -0.1) is 35.4 Å². The third-order valence-electron chi connectivity index (χ3n) is 3.83. The van der Waals surface area contributed by atoms with Crippen LogP contribution in [-0.2, 0) is 26.5 Å². The molecule has 0 saturated carbocycles. The molecule has 0 fully saturated rings. The van der Waals surface area contributed by atoms with Gasteiger partial charge in [0.25, 0.3) is 0 Å². The fourth-order valence-corrected chi connectivity index (χ4v) is 2.59. The molecule has 1 nitrogen and oxygen atoms in total. The minimum atomic E-state index is 0. The standard InChI is InChI=1S/C21H20N.Ir/c1-2-3-8-17-9-7-12-20(15-17)21-16-19(13-14-22-21)18-10-5-4-6-11-18;/h4-7,9-11,13-16H,2-3,8H2,1H3;/q-1;. The third kappa shape index (κ3) is 4.60. The Labute approximate surface area is 152 Å². The summed E-state index contributed by atoms with van der Waals surface area (Å²) in [4.78, 5) is 4.53. The van der Waals surface area contributed by atoms with Crippen molar-refractivity contribution in [1.82, 2.24) is 4.98 Å². The number of hydrogen-bond donors (Lipinski definition) is 0. The van der Waals surface area contributed by atoms with Gasteiger partial charge in [-0.05, 0) is 29.3 Å². The van der Waals surface area contributed by atoms with E-state index in [-0.39, 0.29) is 20.1 Å². The van der Waals surface area contributed by atoms with Crippen molar-refractivity contribution >= 4 is 0 Å². The van der Waals surface area contributed by atoms with Gasteiger partial charge in [-0.1, -0.05) is 56.2 Å². The van der Waals surface area contributed by atoms with Crippen LogP contribution >= 0.6 is 0 Å². The fourth-order valence-electron chi connectivity index (χ4n) is 2.59. The van der Waals surface area contributed by atoms with Gasteiger partial charge >= 0.3 is 0 Å². The summed E-state index contributed by atoms with van der Waals surface area (Å²) in [5, 5.41) is 0. The minimum Gasteiger partial charge on any atom is -0.305 e. The molecular weight excluding hydrogens is 458 g/mol. The second kappa shape index (κ2) is 8.76. The van der Waals surface area contributed by atoms with E-state index < -0.39 is 0 Å². The molecule has 0 saturated heterocycles. The van der Waals surface area contributed by atoms with Crippen molar-refractivity contribution in [1.29, 1.82) is 0 Å². The number of hydrogen-bond acceptors (Lipinski definition) is 1. The molecule has 119 valence electrons. The first-order valence-corrected chi connectivity index (χ1v) is 7.89. The Hall–Kier alpha value is -1.76.